The first-order valence-corrected chi connectivity index (χ1v) is 3.76. The van der Waals surface area contributed by atoms with Crippen LogP contribution in [0.2, 0.25) is 0 Å². The molecule has 11 heavy (non-hydrogen) atoms. The van der Waals surface area contributed by atoms with E-state index in [2.05, 4.69) is 5.10 Å². The van der Waals surface area contributed by atoms with Crippen LogP contribution in [0.5, 0.6) is 0 Å². The van der Waals surface area contributed by atoms with Gasteiger partial charge in [-0.05, 0) is 19.4 Å². The fraction of sp³-hybridized carbons (Fsp3) is 0.500. The molecule has 0 unspecified atom stereocenters. The minimum Gasteiger partial charge on any atom is -0.300 e. The number of Topliss-reactive ketones (excluding diaryl/α,β-unsaturated/α-hetero) is 1. The first-order valence-electron chi connectivity index (χ1n) is 3.76. The zero-order chi connectivity index (χ0) is 8.10. The maximum Gasteiger partial charge on any atom is 0.129 e. The highest BCUT2D eigenvalue weighted by atomic mass is 16.1. The average Bonchev–Trinajstić information content (AvgIpc) is 2.39. The largest absolute Gasteiger partial charge is 0.300 e. The molecule has 1 aromatic rings. The summed E-state index contributed by atoms with van der Waals surface area (Å²) >= 11 is 0. The van der Waals surface area contributed by atoms with Crippen LogP contribution in [-0.2, 0) is 11.3 Å². The molecule has 3 nitrogen and oxygen atoms in total. The zero-order valence-corrected chi connectivity index (χ0v) is 6.66. The third-order valence-electron chi connectivity index (χ3n) is 1.48. The standard InChI is InChI=1S/C8H12N2O/c1-8(11)4-2-6-10-7-3-5-9-10/h3,5,7H,2,4,6H2,1H3. The van der Waals surface area contributed by atoms with Gasteiger partial charge in [-0.1, -0.05) is 0 Å². The lowest BCUT2D eigenvalue weighted by atomic mass is 10.2. The van der Waals surface area contributed by atoms with Crippen LogP contribution in [0.4, 0.5) is 0 Å². The molecule has 0 bridgehead atoms. The molecule has 0 N–H and O–H groups in total. The van der Waals surface area contributed by atoms with E-state index in [1.54, 1.807) is 13.1 Å². The molecular weight excluding hydrogens is 140 g/mol. The maximum atomic E-state index is 10.5. The van der Waals surface area contributed by atoms with E-state index >= 15 is 0 Å². The Kier molecular flexibility index (Phi) is 2.83. The average molecular weight is 152 g/mol. The van der Waals surface area contributed by atoms with E-state index in [1.165, 1.54) is 0 Å². The van der Waals surface area contributed by atoms with Gasteiger partial charge in [0.1, 0.15) is 5.78 Å². The van der Waals surface area contributed by atoms with Gasteiger partial charge in [-0.2, -0.15) is 5.10 Å². The molecule has 0 spiro atoms. The summed E-state index contributed by atoms with van der Waals surface area (Å²) in [6.07, 6.45) is 5.19. The van der Waals surface area contributed by atoms with Crippen LogP contribution in [0.25, 0.3) is 0 Å². The summed E-state index contributed by atoms with van der Waals surface area (Å²) in [5, 5.41) is 4.02. The second-order valence-electron chi connectivity index (χ2n) is 2.57. The molecule has 0 aromatic carbocycles. The van der Waals surface area contributed by atoms with Crippen molar-refractivity contribution in [2.75, 3.05) is 0 Å². The van der Waals surface area contributed by atoms with Gasteiger partial charge in [0.15, 0.2) is 0 Å². The maximum absolute atomic E-state index is 10.5. The van der Waals surface area contributed by atoms with Gasteiger partial charge in [-0.15, -0.1) is 0 Å². The van der Waals surface area contributed by atoms with Gasteiger partial charge in [-0.3, -0.25) is 4.68 Å². The molecule has 60 valence electrons. The molecule has 3 heteroatoms. The quantitative estimate of drug-likeness (QED) is 0.650. The van der Waals surface area contributed by atoms with Gasteiger partial charge in [0, 0.05) is 25.4 Å². The van der Waals surface area contributed by atoms with Gasteiger partial charge in [-0.25, -0.2) is 0 Å². The van der Waals surface area contributed by atoms with E-state index in [1.807, 2.05) is 16.9 Å². The molecule has 0 saturated carbocycles. The number of nitrogens with zero attached hydrogens (tertiary/aromatic N) is 2. The van der Waals surface area contributed by atoms with E-state index in [9.17, 15) is 4.79 Å². The summed E-state index contributed by atoms with van der Waals surface area (Å²) in [6, 6.07) is 1.88. The monoisotopic (exact) mass is 152 g/mol. The number of ketones is 1. The summed E-state index contributed by atoms with van der Waals surface area (Å²) in [5.41, 5.74) is 0. The molecule has 0 aliphatic heterocycles. The molecule has 1 heterocycles. The Morgan fingerprint density at radius 1 is 1.64 bits per heavy atom. The molecule has 1 aromatic heterocycles. The fourth-order valence-electron chi connectivity index (χ4n) is 0.923. The Bertz CT molecular complexity index is 216. The van der Waals surface area contributed by atoms with Crippen LogP contribution in [0, 0.1) is 0 Å². The first kappa shape index (κ1) is 7.98. The molecule has 0 aliphatic rings. The van der Waals surface area contributed by atoms with Crippen molar-refractivity contribution in [1.29, 1.82) is 0 Å². The topological polar surface area (TPSA) is 34.9 Å². The summed E-state index contributed by atoms with van der Waals surface area (Å²) in [4.78, 5) is 10.5. The van der Waals surface area contributed by atoms with Crippen molar-refractivity contribution >= 4 is 5.78 Å². The SMILES string of the molecule is CC(=O)CCCn1cccn1. The Hall–Kier alpha value is -1.12. The highest BCUT2D eigenvalue weighted by Gasteiger charge is 1.93. The lowest BCUT2D eigenvalue weighted by Gasteiger charge is -1.97. The summed E-state index contributed by atoms with van der Waals surface area (Å²) in [7, 11) is 0. The minimum atomic E-state index is 0.247. The highest BCUT2D eigenvalue weighted by Crippen LogP contribution is 1.94. The van der Waals surface area contributed by atoms with Gasteiger partial charge in [0.05, 0.1) is 0 Å². The smallest absolute Gasteiger partial charge is 0.129 e. The zero-order valence-electron chi connectivity index (χ0n) is 6.66. The number of aromatic nitrogens is 2. The first-order chi connectivity index (χ1) is 5.29. The van der Waals surface area contributed by atoms with Crippen LogP contribution >= 0.6 is 0 Å². The molecule has 1 rings (SSSR count). The van der Waals surface area contributed by atoms with Gasteiger partial charge >= 0.3 is 0 Å². The Balaban J connectivity index is 2.19. The van der Waals surface area contributed by atoms with E-state index in [-0.39, 0.29) is 5.78 Å². The summed E-state index contributed by atoms with van der Waals surface area (Å²) < 4.78 is 1.84. The van der Waals surface area contributed by atoms with Gasteiger partial charge < -0.3 is 4.79 Å². The van der Waals surface area contributed by atoms with Crippen molar-refractivity contribution in [2.45, 2.75) is 26.3 Å². The molecule has 0 radical (unpaired) electrons. The summed E-state index contributed by atoms with van der Waals surface area (Å²) in [6.45, 7) is 2.45. The van der Waals surface area contributed by atoms with Crippen molar-refractivity contribution in [3.05, 3.63) is 18.5 Å². The lowest BCUT2D eigenvalue weighted by molar-refractivity contribution is -0.117. The molecule has 0 fully saturated rings. The molecular formula is C8H12N2O. The molecule has 0 aliphatic carbocycles. The number of hydrogen-bond acceptors (Lipinski definition) is 2. The van der Waals surface area contributed by atoms with E-state index in [4.69, 9.17) is 0 Å². The Morgan fingerprint density at radius 2 is 2.45 bits per heavy atom. The molecule has 0 saturated heterocycles. The lowest BCUT2D eigenvalue weighted by Crippen LogP contribution is -2.00. The van der Waals surface area contributed by atoms with Crippen molar-refractivity contribution in [3.63, 3.8) is 0 Å². The summed E-state index contributed by atoms with van der Waals surface area (Å²) in [5.74, 6) is 0.247. The van der Waals surface area contributed by atoms with Crippen LogP contribution < -0.4 is 0 Å². The number of rotatable bonds is 4. The second kappa shape index (κ2) is 3.91. The Labute approximate surface area is 66.0 Å². The van der Waals surface area contributed by atoms with Crippen LogP contribution in [-0.4, -0.2) is 15.6 Å². The van der Waals surface area contributed by atoms with Crippen molar-refractivity contribution in [3.8, 4) is 0 Å². The third-order valence-corrected chi connectivity index (χ3v) is 1.48. The molecule has 0 amide bonds. The van der Waals surface area contributed by atoms with Crippen molar-refractivity contribution in [2.24, 2.45) is 0 Å². The predicted octanol–water partition coefficient (Wildman–Crippen LogP) is 1.25. The van der Waals surface area contributed by atoms with Gasteiger partial charge in [0.25, 0.3) is 0 Å². The fourth-order valence-corrected chi connectivity index (χ4v) is 0.923. The van der Waals surface area contributed by atoms with E-state index < -0.39 is 0 Å². The van der Waals surface area contributed by atoms with Crippen molar-refractivity contribution < 1.29 is 4.79 Å². The molecule has 0 atom stereocenters. The predicted molar refractivity (Wildman–Crippen MR) is 42.1 cm³/mol. The van der Waals surface area contributed by atoms with Crippen LogP contribution in [0.1, 0.15) is 19.8 Å². The Morgan fingerprint density at radius 3 is 3.00 bits per heavy atom. The van der Waals surface area contributed by atoms with Crippen molar-refractivity contribution in [1.82, 2.24) is 9.78 Å². The third kappa shape index (κ3) is 2.98. The number of aryl methyl sites for hydroxylation is 1. The number of carbonyl (C=O) groups is 1. The van der Waals surface area contributed by atoms with E-state index in [0.717, 1.165) is 13.0 Å². The number of hydrogen-bond donors (Lipinski definition) is 0. The number of carbonyl (C=O) groups excluding carboxylic acids is 1. The van der Waals surface area contributed by atoms with Crippen LogP contribution in [0.15, 0.2) is 18.5 Å². The van der Waals surface area contributed by atoms with E-state index in [0.29, 0.717) is 6.42 Å². The minimum absolute atomic E-state index is 0.247. The second-order valence-corrected chi connectivity index (χ2v) is 2.57. The normalized spacial score (nSPS) is 9.91. The van der Waals surface area contributed by atoms with Crippen LogP contribution in [0.3, 0.4) is 0 Å². The highest BCUT2D eigenvalue weighted by molar-refractivity contribution is 5.75. The van der Waals surface area contributed by atoms with Gasteiger partial charge in [0.2, 0.25) is 0 Å².